The Kier molecular flexibility index (Phi) is 14.0. The molecule has 0 unspecified atom stereocenters. The fraction of sp³-hybridized carbons (Fsp3) is 0.367. The molecule has 0 amide bonds. The highest BCUT2D eigenvalue weighted by Gasteiger charge is 2.28. The van der Waals surface area contributed by atoms with Gasteiger partial charge in [-0.1, -0.05) is 178 Å². The fourth-order valence-electron chi connectivity index (χ4n) is 8.94. The Morgan fingerprint density at radius 3 is 0.984 bits per heavy atom. The molecule has 0 aliphatic carbocycles. The molecule has 7 aromatic rings. The zero-order chi connectivity index (χ0) is 44.0. The van der Waals surface area contributed by atoms with E-state index in [4.69, 9.17) is 0 Å². The number of hydrogen-bond acceptors (Lipinski definition) is 2. The van der Waals surface area contributed by atoms with E-state index in [1.165, 1.54) is 129 Å². The predicted molar refractivity (Wildman–Crippen MR) is 273 cm³/mol. The number of rotatable bonds is 16. The molecule has 0 aliphatic rings. The Morgan fingerprint density at radius 2 is 0.677 bits per heavy atom. The number of unbranched alkanes of at least 4 members (excludes halogenated alkanes) is 6. The zero-order valence-corrected chi connectivity index (χ0v) is 39.7. The summed E-state index contributed by atoms with van der Waals surface area (Å²) < 4.78 is 0. The van der Waals surface area contributed by atoms with Crippen molar-refractivity contribution in [2.45, 2.75) is 144 Å². The largest absolute Gasteiger partial charge is 0.309 e. The van der Waals surface area contributed by atoms with E-state index in [0.29, 0.717) is 0 Å². The van der Waals surface area contributed by atoms with Crippen LogP contribution in [0.15, 0.2) is 133 Å². The minimum Gasteiger partial charge on any atom is -0.309 e. The molecule has 0 radical (unpaired) electrons. The average Bonchev–Trinajstić information content (AvgIpc) is 3.26. The first-order chi connectivity index (χ1) is 29.8. The van der Waals surface area contributed by atoms with Crippen LogP contribution in [0.2, 0.25) is 0 Å². The molecule has 0 saturated carbocycles. The van der Waals surface area contributed by atoms with Gasteiger partial charge in [0.15, 0.2) is 0 Å². The lowest BCUT2D eigenvalue weighted by molar-refractivity contribution is 0.590. The molecule has 0 N–H and O–H groups in total. The summed E-state index contributed by atoms with van der Waals surface area (Å²) >= 11 is 0. The summed E-state index contributed by atoms with van der Waals surface area (Å²) in [6.45, 7) is 23.0. The van der Waals surface area contributed by atoms with Crippen LogP contribution < -0.4 is 9.80 Å². The molecule has 0 fully saturated rings. The van der Waals surface area contributed by atoms with Crippen LogP contribution in [0.5, 0.6) is 0 Å². The molecule has 0 aliphatic heterocycles. The smallest absolute Gasteiger partial charge is 0.0620 e. The van der Waals surface area contributed by atoms with Gasteiger partial charge in [-0.3, -0.25) is 0 Å². The van der Waals surface area contributed by atoms with Crippen LogP contribution in [0.1, 0.15) is 140 Å². The molecule has 0 atom stereocenters. The quantitative estimate of drug-likeness (QED) is 0.0544. The lowest BCUT2D eigenvalue weighted by atomic mass is 9.82. The lowest BCUT2D eigenvalue weighted by Gasteiger charge is -2.34. The van der Waals surface area contributed by atoms with E-state index in [1.807, 2.05) is 0 Å². The summed E-state index contributed by atoms with van der Waals surface area (Å²) in [5.41, 5.74) is 15.0. The molecule has 0 bridgehead atoms. The molecular weight excluding hydrogens is 749 g/mol. The van der Waals surface area contributed by atoms with Crippen molar-refractivity contribution >= 4 is 55.7 Å². The molecule has 2 heteroatoms. The van der Waals surface area contributed by atoms with Crippen LogP contribution in [0.25, 0.3) is 21.5 Å². The van der Waals surface area contributed by atoms with E-state index >= 15 is 0 Å². The van der Waals surface area contributed by atoms with E-state index in [0.717, 1.165) is 24.2 Å². The number of fused-ring (bicyclic) bond motifs is 2. The highest BCUT2D eigenvalue weighted by molar-refractivity contribution is 6.23. The highest BCUT2D eigenvalue weighted by Crippen LogP contribution is 2.52. The third-order valence-corrected chi connectivity index (χ3v) is 12.9. The summed E-state index contributed by atoms with van der Waals surface area (Å²) in [7, 11) is 0. The topological polar surface area (TPSA) is 6.48 Å². The third kappa shape index (κ3) is 10.1. The number of aryl methyl sites for hydroxylation is 4. The van der Waals surface area contributed by atoms with Gasteiger partial charge >= 0.3 is 0 Å². The minimum atomic E-state index is -0.0472. The summed E-state index contributed by atoms with van der Waals surface area (Å²) in [6.07, 6.45) is 12.4. The normalized spacial score (nSPS) is 12.0. The predicted octanol–water partition coefficient (Wildman–Crippen LogP) is 18.4. The van der Waals surface area contributed by atoms with Gasteiger partial charge in [-0.25, -0.2) is 0 Å². The Balaban J connectivity index is 1.56. The molecule has 7 rings (SSSR count). The van der Waals surface area contributed by atoms with Crippen LogP contribution in [-0.4, -0.2) is 0 Å². The molecule has 0 aromatic heterocycles. The van der Waals surface area contributed by atoms with Crippen molar-refractivity contribution in [1.82, 2.24) is 0 Å². The molecule has 0 spiro atoms. The van der Waals surface area contributed by atoms with E-state index < -0.39 is 0 Å². The highest BCUT2D eigenvalue weighted by atomic mass is 15.2. The van der Waals surface area contributed by atoms with Crippen LogP contribution in [0.3, 0.4) is 0 Å². The Bertz CT molecular complexity index is 2360. The first-order valence-corrected chi connectivity index (χ1v) is 23.7. The molecule has 322 valence electrons. The Morgan fingerprint density at radius 1 is 0.355 bits per heavy atom. The van der Waals surface area contributed by atoms with Crippen molar-refractivity contribution in [3.05, 3.63) is 167 Å². The van der Waals surface area contributed by atoms with Gasteiger partial charge in [-0.05, 0) is 133 Å². The zero-order valence-electron chi connectivity index (χ0n) is 39.7. The molecule has 7 aromatic carbocycles. The van der Waals surface area contributed by atoms with E-state index in [-0.39, 0.29) is 10.8 Å². The maximum atomic E-state index is 2.54. The number of nitrogens with zero attached hydrogens (tertiary/aromatic N) is 2. The van der Waals surface area contributed by atoms with Gasteiger partial charge in [0, 0.05) is 44.3 Å². The summed E-state index contributed by atoms with van der Waals surface area (Å²) in [5.74, 6) is 0. The van der Waals surface area contributed by atoms with Crippen molar-refractivity contribution in [3.8, 4) is 0 Å². The van der Waals surface area contributed by atoms with Gasteiger partial charge in [-0.2, -0.15) is 0 Å². The number of anilines is 6. The van der Waals surface area contributed by atoms with Crippen molar-refractivity contribution in [2.75, 3.05) is 9.80 Å². The monoisotopic (exact) mass is 821 g/mol. The van der Waals surface area contributed by atoms with Gasteiger partial charge in [0.2, 0.25) is 0 Å². The second-order valence-electron chi connectivity index (χ2n) is 20.0. The van der Waals surface area contributed by atoms with E-state index in [1.54, 1.807) is 0 Å². The summed E-state index contributed by atoms with van der Waals surface area (Å²) in [4.78, 5) is 5.09. The van der Waals surface area contributed by atoms with Crippen LogP contribution >= 0.6 is 0 Å². The van der Waals surface area contributed by atoms with Crippen molar-refractivity contribution in [3.63, 3.8) is 0 Å². The average molecular weight is 821 g/mol. The third-order valence-electron chi connectivity index (χ3n) is 12.9. The maximum absolute atomic E-state index is 2.54. The SMILES string of the molecule is CCCCCCc1ccc(N(c2ccc(C)cc2)c2c3ccc(C(C)(C)C)cc3c(N(c3ccc(C)cc3)c3ccc(CCCCCC)cc3)c3ccc(C(C)(C)C)cc23)cc1. The van der Waals surface area contributed by atoms with Crippen molar-refractivity contribution in [2.24, 2.45) is 0 Å². The van der Waals surface area contributed by atoms with Gasteiger partial charge in [0.1, 0.15) is 0 Å². The lowest BCUT2D eigenvalue weighted by Crippen LogP contribution is -2.17. The fourth-order valence-corrected chi connectivity index (χ4v) is 8.94. The number of benzene rings is 7. The van der Waals surface area contributed by atoms with Crippen LogP contribution in [0, 0.1) is 13.8 Å². The Labute approximate surface area is 375 Å². The van der Waals surface area contributed by atoms with Gasteiger partial charge in [0.25, 0.3) is 0 Å². The van der Waals surface area contributed by atoms with E-state index in [2.05, 4.69) is 212 Å². The molecule has 0 saturated heterocycles. The summed E-state index contributed by atoms with van der Waals surface area (Å²) in [6, 6.07) is 51.8. The van der Waals surface area contributed by atoms with Gasteiger partial charge in [-0.15, -0.1) is 0 Å². The number of hydrogen-bond donors (Lipinski definition) is 0. The standard InChI is InChI=1S/C60H72N2/c1-11-13-15-17-19-45-25-35-51(36-26-45)61(49-31-21-43(3)22-32-49)57-53-39-29-48(60(8,9)10)42-56(53)58(54-40-30-47(41-55(54)57)59(5,6)7)62(50-33-23-44(4)24-34-50)52-37-27-46(28-38-52)20-18-16-14-12-2/h21-42H,11-20H2,1-10H3. The molecule has 62 heavy (non-hydrogen) atoms. The van der Waals surface area contributed by atoms with E-state index in [9.17, 15) is 0 Å². The molecular formula is C60H72N2. The first-order valence-electron chi connectivity index (χ1n) is 23.7. The van der Waals surface area contributed by atoms with Crippen LogP contribution in [-0.2, 0) is 23.7 Å². The maximum Gasteiger partial charge on any atom is 0.0620 e. The van der Waals surface area contributed by atoms with Crippen molar-refractivity contribution in [1.29, 1.82) is 0 Å². The minimum absolute atomic E-state index is 0.0472. The second kappa shape index (κ2) is 19.4. The summed E-state index contributed by atoms with van der Waals surface area (Å²) in [5, 5.41) is 4.97. The first kappa shape index (κ1) is 44.7. The van der Waals surface area contributed by atoms with Crippen molar-refractivity contribution < 1.29 is 0 Å². The second-order valence-corrected chi connectivity index (χ2v) is 20.0. The van der Waals surface area contributed by atoms with Gasteiger partial charge in [0.05, 0.1) is 11.4 Å². The molecule has 2 nitrogen and oxygen atoms in total. The van der Waals surface area contributed by atoms with Gasteiger partial charge < -0.3 is 9.80 Å². The van der Waals surface area contributed by atoms with Crippen LogP contribution in [0.4, 0.5) is 34.1 Å². The molecule has 0 heterocycles. The Hall–Kier alpha value is -5.34.